The molecule has 12 atom stereocenters. The predicted octanol–water partition coefficient (Wildman–Crippen LogP) is 3.17. The lowest BCUT2D eigenvalue weighted by Gasteiger charge is -2.60. The fraction of sp³-hybridized carbons (Fsp3) is 0.833. The lowest BCUT2D eigenvalue weighted by Crippen LogP contribution is -2.72. The van der Waals surface area contributed by atoms with E-state index in [0.29, 0.717) is 12.0 Å². The number of unbranched alkanes of at least 4 members (excludes halogenated alkanes) is 6. The topological polar surface area (TPSA) is 118 Å². The highest BCUT2D eigenvalue weighted by Crippen LogP contribution is 2.71. The van der Waals surface area contributed by atoms with Gasteiger partial charge in [-0.25, -0.2) is 0 Å². The minimum Gasteiger partial charge on any atom is -0.393 e. The standard InChI is InChI=1S/C30H44O8/c1-6-7-8-9-10-11-12-13-28-35-22-20(16(2)3)18(5)30(38-28)19-14-17(4)24(32)29(19,34)26(33)27(15-31)25(37-27)21(30)23(22)36-28/h14,18-23,25-26,31,33-34H,2,6-13,15H2,1,3-5H3/t18-,19-,20-,21-,22+,23-,25+,26-,27+,28?,29-,30+/m1/s1. The summed E-state index contributed by atoms with van der Waals surface area (Å²) in [5.74, 6) is -3.49. The average molecular weight is 533 g/mol. The lowest BCUT2D eigenvalue weighted by molar-refractivity contribution is -0.431. The molecule has 6 aliphatic rings. The van der Waals surface area contributed by atoms with Crippen LogP contribution in [0.15, 0.2) is 23.8 Å². The second-order valence-electron chi connectivity index (χ2n) is 12.9. The van der Waals surface area contributed by atoms with Gasteiger partial charge < -0.3 is 34.3 Å². The van der Waals surface area contributed by atoms with Crippen LogP contribution in [-0.2, 0) is 23.7 Å². The Morgan fingerprint density at radius 2 is 1.74 bits per heavy atom. The number of fused-ring (bicyclic) bond motifs is 3. The van der Waals surface area contributed by atoms with Gasteiger partial charge in [0.05, 0.1) is 24.4 Å². The third-order valence-electron chi connectivity index (χ3n) is 10.7. The van der Waals surface area contributed by atoms with Gasteiger partial charge in [-0.15, -0.1) is 0 Å². The molecule has 3 bridgehead atoms. The summed E-state index contributed by atoms with van der Waals surface area (Å²) in [5.41, 5.74) is -3.46. The molecule has 212 valence electrons. The van der Waals surface area contributed by atoms with E-state index in [9.17, 15) is 20.1 Å². The van der Waals surface area contributed by atoms with E-state index >= 15 is 0 Å². The van der Waals surface area contributed by atoms with Crippen molar-refractivity contribution in [1.82, 2.24) is 0 Å². The van der Waals surface area contributed by atoms with Crippen LogP contribution >= 0.6 is 0 Å². The highest BCUT2D eigenvalue weighted by atomic mass is 16.9. The smallest absolute Gasteiger partial charge is 0.284 e. The summed E-state index contributed by atoms with van der Waals surface area (Å²) in [6.07, 6.45) is 7.26. The van der Waals surface area contributed by atoms with Gasteiger partial charge in [0, 0.05) is 24.2 Å². The van der Waals surface area contributed by atoms with Crippen LogP contribution in [0.25, 0.3) is 0 Å². The molecule has 8 nitrogen and oxygen atoms in total. The van der Waals surface area contributed by atoms with Gasteiger partial charge in [0.1, 0.15) is 17.8 Å². The Labute approximate surface area is 225 Å². The molecule has 3 heterocycles. The van der Waals surface area contributed by atoms with Crippen LogP contribution in [0.4, 0.5) is 0 Å². The van der Waals surface area contributed by atoms with Gasteiger partial charge in [-0.2, -0.15) is 0 Å². The molecule has 5 fully saturated rings. The van der Waals surface area contributed by atoms with Gasteiger partial charge in [0.15, 0.2) is 11.4 Å². The summed E-state index contributed by atoms with van der Waals surface area (Å²) in [6, 6.07) is 0. The second kappa shape index (κ2) is 8.93. The molecule has 38 heavy (non-hydrogen) atoms. The Hall–Kier alpha value is -1.13. The molecule has 0 radical (unpaired) electrons. The van der Waals surface area contributed by atoms with Crippen LogP contribution in [0.5, 0.6) is 0 Å². The molecular weight excluding hydrogens is 488 g/mol. The summed E-state index contributed by atoms with van der Waals surface area (Å²) in [6.45, 7) is 11.7. The van der Waals surface area contributed by atoms with E-state index in [2.05, 4.69) is 20.4 Å². The number of Topliss-reactive ketones (excluding diaryl/α,β-unsaturated/α-hetero) is 1. The van der Waals surface area contributed by atoms with Crippen LogP contribution in [-0.4, -0.2) is 74.9 Å². The maximum absolute atomic E-state index is 13.5. The van der Waals surface area contributed by atoms with Crippen molar-refractivity contribution >= 4 is 5.78 Å². The molecule has 2 saturated carbocycles. The van der Waals surface area contributed by atoms with Gasteiger partial charge >= 0.3 is 0 Å². The first-order valence-corrected chi connectivity index (χ1v) is 14.7. The first-order valence-electron chi connectivity index (χ1n) is 14.7. The number of aliphatic hydroxyl groups is 3. The SMILES string of the molecule is C=C(C)[C@H]1[C@@H]2OC3(CCCCCCCCC)O[C@@H]2[C@@H]2[C@@H]4O[C@]4(CO)[C@@H](O)[C@]4(O)C(=O)C(C)=C[C@H]4[C@@]2(O3)[C@@H]1C. The molecule has 0 aromatic rings. The number of ketones is 1. The molecular formula is C30H44O8. The molecule has 1 unspecified atom stereocenters. The van der Waals surface area contributed by atoms with Gasteiger partial charge in [0.2, 0.25) is 0 Å². The number of rotatable bonds is 10. The number of carbonyl (C=O) groups excluding carboxylic acids is 1. The van der Waals surface area contributed by atoms with Crippen molar-refractivity contribution in [2.75, 3.05) is 6.61 Å². The Morgan fingerprint density at radius 1 is 1.08 bits per heavy atom. The molecule has 3 aliphatic carbocycles. The normalized spacial score (nSPS) is 51.8. The van der Waals surface area contributed by atoms with Crippen LogP contribution in [0.3, 0.4) is 0 Å². The Bertz CT molecular complexity index is 1040. The number of epoxide rings is 1. The first-order chi connectivity index (χ1) is 18.0. The van der Waals surface area contributed by atoms with Crippen molar-refractivity contribution in [3.63, 3.8) is 0 Å². The fourth-order valence-corrected chi connectivity index (χ4v) is 8.94. The van der Waals surface area contributed by atoms with E-state index in [-0.39, 0.29) is 17.9 Å². The number of ether oxygens (including phenoxy) is 4. The van der Waals surface area contributed by atoms with Crippen molar-refractivity contribution in [2.45, 2.75) is 126 Å². The maximum Gasteiger partial charge on any atom is 0.284 e. The Morgan fingerprint density at radius 3 is 2.39 bits per heavy atom. The molecule has 3 aliphatic heterocycles. The van der Waals surface area contributed by atoms with E-state index in [1.807, 2.05) is 6.92 Å². The van der Waals surface area contributed by atoms with Gasteiger partial charge in [-0.1, -0.05) is 70.6 Å². The van der Waals surface area contributed by atoms with Crippen LogP contribution < -0.4 is 0 Å². The zero-order chi connectivity index (χ0) is 27.3. The first kappa shape index (κ1) is 27.1. The third-order valence-corrected chi connectivity index (χ3v) is 10.7. The Balaban J connectivity index is 1.41. The van der Waals surface area contributed by atoms with Crippen molar-refractivity contribution in [3.8, 4) is 0 Å². The number of hydrogen-bond donors (Lipinski definition) is 3. The van der Waals surface area contributed by atoms with Crippen LogP contribution in [0, 0.1) is 23.7 Å². The molecule has 3 saturated heterocycles. The molecule has 8 heteroatoms. The molecule has 3 N–H and O–H groups in total. The second-order valence-corrected chi connectivity index (χ2v) is 12.9. The van der Waals surface area contributed by atoms with E-state index in [1.54, 1.807) is 13.0 Å². The minimum atomic E-state index is -2.19. The zero-order valence-corrected chi connectivity index (χ0v) is 23.2. The Kier molecular flexibility index (Phi) is 6.36. The summed E-state index contributed by atoms with van der Waals surface area (Å²) >= 11 is 0. The summed E-state index contributed by atoms with van der Waals surface area (Å²) < 4.78 is 26.5. The van der Waals surface area contributed by atoms with Gasteiger partial charge in [0.25, 0.3) is 5.97 Å². The van der Waals surface area contributed by atoms with Crippen molar-refractivity contribution < 1.29 is 39.1 Å². The highest BCUT2D eigenvalue weighted by Gasteiger charge is 2.87. The third kappa shape index (κ3) is 3.25. The summed E-state index contributed by atoms with van der Waals surface area (Å²) in [7, 11) is 0. The average Bonchev–Trinajstić information content (AvgIpc) is 3.50. The molecule has 6 rings (SSSR count). The summed E-state index contributed by atoms with van der Waals surface area (Å²) in [5, 5.41) is 34.1. The van der Waals surface area contributed by atoms with Crippen LogP contribution in [0.1, 0.15) is 79.1 Å². The largest absolute Gasteiger partial charge is 0.393 e. The van der Waals surface area contributed by atoms with Gasteiger partial charge in [-0.3, -0.25) is 4.79 Å². The fourth-order valence-electron chi connectivity index (χ4n) is 8.94. The molecule has 0 spiro atoms. The van der Waals surface area contributed by atoms with Crippen LogP contribution in [0.2, 0.25) is 0 Å². The molecule has 0 amide bonds. The predicted molar refractivity (Wildman–Crippen MR) is 138 cm³/mol. The quantitative estimate of drug-likeness (QED) is 0.223. The van der Waals surface area contributed by atoms with Crippen molar-refractivity contribution in [1.29, 1.82) is 0 Å². The van der Waals surface area contributed by atoms with E-state index < -0.39 is 65.3 Å². The minimum absolute atomic E-state index is 0.138. The zero-order valence-electron chi connectivity index (χ0n) is 23.2. The number of aliphatic hydroxyl groups excluding tert-OH is 2. The van der Waals surface area contributed by atoms with Crippen molar-refractivity contribution in [3.05, 3.63) is 23.8 Å². The number of carbonyl (C=O) groups is 1. The molecule has 0 aromatic heterocycles. The van der Waals surface area contributed by atoms with E-state index in [0.717, 1.165) is 24.8 Å². The van der Waals surface area contributed by atoms with Crippen molar-refractivity contribution in [2.24, 2.45) is 23.7 Å². The van der Waals surface area contributed by atoms with E-state index in [1.165, 1.54) is 25.7 Å². The summed E-state index contributed by atoms with van der Waals surface area (Å²) in [4.78, 5) is 13.5. The maximum atomic E-state index is 13.5. The van der Waals surface area contributed by atoms with E-state index in [4.69, 9.17) is 18.9 Å². The lowest BCUT2D eigenvalue weighted by atomic mass is 9.53. The van der Waals surface area contributed by atoms with Gasteiger partial charge in [-0.05, 0) is 31.8 Å². The highest BCUT2D eigenvalue weighted by molar-refractivity contribution is 6.05. The monoisotopic (exact) mass is 532 g/mol. The molecule has 0 aromatic carbocycles. The number of hydrogen-bond acceptors (Lipinski definition) is 8.